The van der Waals surface area contributed by atoms with E-state index in [4.69, 9.17) is 16.6 Å². The fourth-order valence-corrected chi connectivity index (χ4v) is 3.54. The van der Waals surface area contributed by atoms with Gasteiger partial charge in [-0.1, -0.05) is 23.7 Å². The van der Waals surface area contributed by atoms with E-state index in [0.29, 0.717) is 17.6 Å². The van der Waals surface area contributed by atoms with Gasteiger partial charge in [0.25, 0.3) is 0 Å². The van der Waals surface area contributed by atoms with Gasteiger partial charge in [-0.05, 0) is 43.2 Å². The first-order valence-corrected chi connectivity index (χ1v) is 10.1. The van der Waals surface area contributed by atoms with Crippen molar-refractivity contribution in [3.63, 3.8) is 0 Å². The van der Waals surface area contributed by atoms with Gasteiger partial charge in [0.05, 0.1) is 11.6 Å². The van der Waals surface area contributed by atoms with Gasteiger partial charge in [-0.15, -0.1) is 0 Å². The molecule has 0 spiro atoms. The van der Waals surface area contributed by atoms with Crippen LogP contribution in [0.25, 0.3) is 0 Å². The lowest BCUT2D eigenvalue weighted by molar-refractivity contribution is 0.649. The smallest absolute Gasteiger partial charge is 0.191 e. The van der Waals surface area contributed by atoms with E-state index >= 15 is 0 Å². The van der Waals surface area contributed by atoms with Crippen LogP contribution in [-0.2, 0) is 6.54 Å². The lowest BCUT2D eigenvalue weighted by Gasteiger charge is -2.20. The minimum Gasteiger partial charge on any atom is -0.378 e. The van der Waals surface area contributed by atoms with E-state index in [1.54, 1.807) is 6.20 Å². The molecule has 6 nitrogen and oxygen atoms in total. The summed E-state index contributed by atoms with van der Waals surface area (Å²) in [5, 5.41) is 7.61. The van der Waals surface area contributed by atoms with E-state index < -0.39 is 0 Å². The Labute approximate surface area is 172 Å². The Morgan fingerprint density at radius 3 is 2.93 bits per heavy atom. The van der Waals surface area contributed by atoms with Crippen LogP contribution in [0.15, 0.2) is 47.6 Å². The molecule has 0 amide bonds. The monoisotopic (exact) mass is 400 g/mol. The second-order valence-corrected chi connectivity index (χ2v) is 7.55. The first kappa shape index (κ1) is 20.3. The van der Waals surface area contributed by atoms with Gasteiger partial charge in [-0.25, -0.2) is 9.98 Å². The Bertz CT molecular complexity index is 807. The largest absolute Gasteiger partial charge is 0.378 e. The summed E-state index contributed by atoms with van der Waals surface area (Å²) < 4.78 is 0. The van der Waals surface area contributed by atoms with Gasteiger partial charge in [0, 0.05) is 51.7 Å². The minimum absolute atomic E-state index is 0.309. The highest BCUT2D eigenvalue weighted by molar-refractivity contribution is 6.32. The Morgan fingerprint density at radius 2 is 2.18 bits per heavy atom. The number of hydrogen-bond donors (Lipinski definition) is 2. The van der Waals surface area contributed by atoms with Crippen LogP contribution >= 0.6 is 11.6 Å². The predicted octanol–water partition coefficient (Wildman–Crippen LogP) is 3.14. The van der Waals surface area contributed by atoms with Crippen LogP contribution in [0.2, 0.25) is 5.02 Å². The SMILES string of the molecule is CCNC(=NCc1cccc(N(C)C)c1)NC1CCN(c2ncccc2Cl)C1. The van der Waals surface area contributed by atoms with Crippen molar-refractivity contribution >= 4 is 29.1 Å². The maximum atomic E-state index is 6.30. The van der Waals surface area contributed by atoms with Crippen molar-refractivity contribution in [1.82, 2.24) is 15.6 Å². The van der Waals surface area contributed by atoms with Crippen LogP contribution in [0, 0.1) is 0 Å². The molecule has 1 atom stereocenters. The maximum Gasteiger partial charge on any atom is 0.191 e. The maximum absolute atomic E-state index is 6.30. The summed E-state index contributed by atoms with van der Waals surface area (Å²) in [5.74, 6) is 1.70. The molecule has 1 aliphatic heterocycles. The van der Waals surface area contributed by atoms with Gasteiger partial charge < -0.3 is 20.4 Å². The third kappa shape index (κ3) is 5.29. The van der Waals surface area contributed by atoms with Crippen molar-refractivity contribution in [3.05, 3.63) is 53.2 Å². The van der Waals surface area contributed by atoms with Crippen LogP contribution < -0.4 is 20.4 Å². The summed E-state index contributed by atoms with van der Waals surface area (Å²) in [6, 6.07) is 12.5. The summed E-state index contributed by atoms with van der Waals surface area (Å²) >= 11 is 6.30. The number of rotatable bonds is 6. The van der Waals surface area contributed by atoms with Gasteiger partial charge in [0.2, 0.25) is 0 Å². The lowest BCUT2D eigenvalue weighted by Crippen LogP contribution is -2.44. The fraction of sp³-hybridized carbons (Fsp3) is 0.429. The molecule has 2 aromatic rings. The summed E-state index contributed by atoms with van der Waals surface area (Å²) in [6.45, 7) is 5.33. The molecule has 2 N–H and O–H groups in total. The van der Waals surface area contributed by atoms with Crippen molar-refractivity contribution < 1.29 is 0 Å². The molecule has 3 rings (SSSR count). The Morgan fingerprint density at radius 1 is 1.32 bits per heavy atom. The molecule has 0 radical (unpaired) electrons. The normalized spacial score (nSPS) is 16.9. The Hall–Kier alpha value is -2.47. The molecule has 1 fully saturated rings. The number of hydrogen-bond acceptors (Lipinski definition) is 4. The van der Waals surface area contributed by atoms with Gasteiger partial charge in [0.15, 0.2) is 5.96 Å². The average molecular weight is 401 g/mol. The zero-order chi connectivity index (χ0) is 19.9. The second kappa shape index (κ2) is 9.64. The first-order valence-electron chi connectivity index (χ1n) is 9.73. The number of benzene rings is 1. The first-order chi connectivity index (χ1) is 13.6. The molecule has 0 bridgehead atoms. The number of aliphatic imine (C=N–C) groups is 1. The standard InChI is InChI=1S/C21H29ClN6/c1-4-23-21(25-14-16-7-5-8-18(13-16)27(2)3)26-17-10-12-28(15-17)20-19(22)9-6-11-24-20/h5-9,11,13,17H,4,10,12,14-15H2,1-3H3,(H2,23,25,26). The van der Waals surface area contributed by atoms with Crippen molar-refractivity contribution in [1.29, 1.82) is 0 Å². The lowest BCUT2D eigenvalue weighted by atomic mass is 10.2. The number of nitrogens with one attached hydrogen (secondary N) is 2. The van der Waals surface area contributed by atoms with Crippen LogP contribution in [0.1, 0.15) is 18.9 Å². The van der Waals surface area contributed by atoms with Gasteiger partial charge in [0.1, 0.15) is 5.82 Å². The molecular weight excluding hydrogens is 372 g/mol. The van der Waals surface area contributed by atoms with Gasteiger partial charge in [-0.3, -0.25) is 0 Å². The molecule has 150 valence electrons. The number of nitrogens with zero attached hydrogens (tertiary/aromatic N) is 4. The van der Waals surface area contributed by atoms with Crippen LogP contribution in [0.3, 0.4) is 0 Å². The van der Waals surface area contributed by atoms with Crippen molar-refractivity contribution in [2.75, 3.05) is 43.5 Å². The number of guanidine groups is 1. The Balaban J connectivity index is 1.62. The molecule has 1 aliphatic rings. The Kier molecular flexibility index (Phi) is 6.98. The van der Waals surface area contributed by atoms with Crippen molar-refractivity contribution in [2.24, 2.45) is 4.99 Å². The number of aromatic nitrogens is 1. The van der Waals surface area contributed by atoms with E-state index in [0.717, 1.165) is 37.8 Å². The molecule has 7 heteroatoms. The summed E-state index contributed by atoms with van der Waals surface area (Å²) in [7, 11) is 4.10. The minimum atomic E-state index is 0.309. The fourth-order valence-electron chi connectivity index (χ4n) is 3.30. The molecule has 1 aromatic heterocycles. The van der Waals surface area contributed by atoms with E-state index in [9.17, 15) is 0 Å². The zero-order valence-electron chi connectivity index (χ0n) is 16.8. The van der Waals surface area contributed by atoms with Gasteiger partial charge >= 0.3 is 0 Å². The highest BCUT2D eigenvalue weighted by Gasteiger charge is 2.25. The molecule has 2 heterocycles. The van der Waals surface area contributed by atoms with Gasteiger partial charge in [-0.2, -0.15) is 0 Å². The van der Waals surface area contributed by atoms with Crippen LogP contribution in [-0.4, -0.2) is 50.7 Å². The number of halogens is 1. The number of pyridine rings is 1. The van der Waals surface area contributed by atoms with E-state index in [-0.39, 0.29) is 0 Å². The second-order valence-electron chi connectivity index (χ2n) is 7.14. The highest BCUT2D eigenvalue weighted by atomic mass is 35.5. The molecule has 1 unspecified atom stereocenters. The summed E-state index contributed by atoms with van der Waals surface area (Å²) in [5.41, 5.74) is 2.38. The zero-order valence-corrected chi connectivity index (χ0v) is 17.6. The molecule has 1 saturated heterocycles. The summed E-state index contributed by atoms with van der Waals surface area (Å²) in [6.07, 6.45) is 2.81. The molecule has 0 saturated carbocycles. The topological polar surface area (TPSA) is 55.8 Å². The van der Waals surface area contributed by atoms with Crippen molar-refractivity contribution in [2.45, 2.75) is 25.9 Å². The molecule has 1 aromatic carbocycles. The average Bonchev–Trinajstić information content (AvgIpc) is 3.15. The highest BCUT2D eigenvalue weighted by Crippen LogP contribution is 2.25. The molecule has 0 aliphatic carbocycles. The molecule has 28 heavy (non-hydrogen) atoms. The number of anilines is 2. The molecular formula is C21H29ClN6. The third-order valence-electron chi connectivity index (χ3n) is 4.76. The van der Waals surface area contributed by atoms with Crippen LogP contribution in [0.5, 0.6) is 0 Å². The van der Waals surface area contributed by atoms with E-state index in [1.165, 1.54) is 11.3 Å². The van der Waals surface area contributed by atoms with Crippen molar-refractivity contribution in [3.8, 4) is 0 Å². The predicted molar refractivity (Wildman–Crippen MR) is 119 cm³/mol. The summed E-state index contributed by atoms with van der Waals surface area (Å²) in [4.78, 5) is 13.5. The van der Waals surface area contributed by atoms with Crippen LogP contribution in [0.4, 0.5) is 11.5 Å². The van der Waals surface area contributed by atoms with E-state index in [1.807, 2.05) is 26.2 Å². The third-order valence-corrected chi connectivity index (χ3v) is 5.05. The quantitative estimate of drug-likeness (QED) is 0.576. The van der Waals surface area contributed by atoms with E-state index in [2.05, 4.69) is 56.6 Å².